The van der Waals surface area contributed by atoms with E-state index in [1.165, 1.54) is 42.3 Å². The summed E-state index contributed by atoms with van der Waals surface area (Å²) in [6.07, 6.45) is 4.50. The molecule has 10 nitrogen and oxygen atoms in total. The molecular weight excluding hydrogens is 455 g/mol. The van der Waals surface area contributed by atoms with Gasteiger partial charge < -0.3 is 15.0 Å². The van der Waals surface area contributed by atoms with E-state index < -0.39 is 23.5 Å². The van der Waals surface area contributed by atoms with Crippen LogP contribution in [0.25, 0.3) is 27.8 Å². The molecule has 4 aromatic rings. The zero-order valence-corrected chi connectivity index (χ0v) is 19.5. The number of carbonyl (C=O) groups is 1. The van der Waals surface area contributed by atoms with Crippen molar-refractivity contribution in [2.45, 2.75) is 32.8 Å². The maximum absolute atomic E-state index is 15.1. The maximum Gasteiger partial charge on any atom is 0.293 e. The predicted octanol–water partition coefficient (Wildman–Crippen LogP) is 2.04. The molecule has 35 heavy (non-hydrogen) atoms. The number of aromatic nitrogens is 5. The average molecular weight is 478 g/mol. The number of amides is 1. The van der Waals surface area contributed by atoms with Gasteiger partial charge in [0, 0.05) is 36.0 Å². The van der Waals surface area contributed by atoms with Gasteiger partial charge >= 0.3 is 0 Å². The van der Waals surface area contributed by atoms with Gasteiger partial charge in [-0.1, -0.05) is 20.8 Å². The number of hydrogen-bond donors (Lipinski definition) is 2. The average Bonchev–Trinajstić information content (AvgIpc) is 2.81. The lowest BCUT2D eigenvalue weighted by Crippen LogP contribution is -2.25. The van der Waals surface area contributed by atoms with Gasteiger partial charge in [-0.05, 0) is 29.2 Å². The minimum atomic E-state index is -0.739. The van der Waals surface area contributed by atoms with Crippen molar-refractivity contribution in [3.05, 3.63) is 74.4 Å². The molecule has 0 saturated carbocycles. The highest BCUT2D eigenvalue weighted by molar-refractivity contribution is 5.82. The molecule has 2 N–H and O–H groups in total. The summed E-state index contributed by atoms with van der Waals surface area (Å²) in [5, 5.41) is 16.8. The van der Waals surface area contributed by atoms with Gasteiger partial charge in [-0.15, -0.1) is 0 Å². The number of aryl methyl sites for hydroxylation is 1. The van der Waals surface area contributed by atoms with Crippen molar-refractivity contribution in [3.8, 4) is 17.1 Å². The number of fused-ring (bicyclic) bond motifs is 1. The fourth-order valence-electron chi connectivity index (χ4n) is 3.76. The Kier molecular flexibility index (Phi) is 6.03. The highest BCUT2D eigenvalue weighted by Gasteiger charge is 2.21. The van der Waals surface area contributed by atoms with Crippen LogP contribution in [0.1, 0.15) is 31.9 Å². The molecule has 0 aliphatic carbocycles. The summed E-state index contributed by atoms with van der Waals surface area (Å²) < 4.78 is 17.2. The van der Waals surface area contributed by atoms with Crippen molar-refractivity contribution in [1.29, 1.82) is 0 Å². The molecule has 0 aliphatic heterocycles. The summed E-state index contributed by atoms with van der Waals surface area (Å²) in [5.41, 5.74) is -0.118. The van der Waals surface area contributed by atoms with Crippen molar-refractivity contribution in [2.75, 3.05) is 5.32 Å². The van der Waals surface area contributed by atoms with E-state index in [1.807, 2.05) is 20.8 Å². The van der Waals surface area contributed by atoms with Crippen molar-refractivity contribution in [2.24, 2.45) is 7.05 Å². The first-order chi connectivity index (χ1) is 16.6. The van der Waals surface area contributed by atoms with Gasteiger partial charge in [0.05, 0.1) is 23.9 Å². The Bertz CT molecular complexity index is 1590. The monoisotopic (exact) mass is 478 g/mol. The van der Waals surface area contributed by atoms with Gasteiger partial charge in [-0.2, -0.15) is 9.78 Å². The van der Waals surface area contributed by atoms with Crippen molar-refractivity contribution < 1.29 is 14.3 Å². The molecule has 11 heteroatoms. The quantitative estimate of drug-likeness (QED) is 0.420. The Balaban J connectivity index is 1.95. The normalized spacial score (nSPS) is 11.6. The molecule has 0 fully saturated rings. The second-order valence-corrected chi connectivity index (χ2v) is 9.01. The van der Waals surface area contributed by atoms with Crippen LogP contribution in [0.2, 0.25) is 0 Å². The summed E-state index contributed by atoms with van der Waals surface area (Å²) in [7, 11) is 1.48. The predicted molar refractivity (Wildman–Crippen MR) is 128 cm³/mol. The zero-order valence-electron chi connectivity index (χ0n) is 19.5. The molecule has 4 rings (SSSR count). The van der Waals surface area contributed by atoms with Gasteiger partial charge in [-0.25, -0.2) is 14.4 Å². The van der Waals surface area contributed by atoms with Crippen LogP contribution in [0.5, 0.6) is 0 Å². The molecule has 0 spiro atoms. The Labute approximate surface area is 198 Å². The van der Waals surface area contributed by atoms with Crippen LogP contribution < -0.4 is 16.4 Å². The third-order valence-electron chi connectivity index (χ3n) is 5.64. The number of halogens is 1. The van der Waals surface area contributed by atoms with Crippen LogP contribution in [0, 0.1) is 5.82 Å². The van der Waals surface area contributed by atoms with Crippen LogP contribution in [0.15, 0.2) is 46.4 Å². The summed E-state index contributed by atoms with van der Waals surface area (Å²) >= 11 is 0. The lowest BCUT2D eigenvalue weighted by Gasteiger charge is -2.20. The van der Waals surface area contributed by atoms with Gasteiger partial charge in [0.15, 0.2) is 11.6 Å². The van der Waals surface area contributed by atoms with Crippen LogP contribution >= 0.6 is 0 Å². The zero-order chi connectivity index (χ0) is 25.5. The van der Waals surface area contributed by atoms with Crippen molar-refractivity contribution in [1.82, 2.24) is 24.3 Å². The van der Waals surface area contributed by atoms with E-state index in [9.17, 15) is 19.5 Å². The first-order valence-electron chi connectivity index (χ1n) is 10.7. The number of nitrogens with one attached hydrogen (secondary N) is 1. The molecule has 0 unspecified atom stereocenters. The number of aliphatic hydroxyl groups excluding tert-OH is 1. The van der Waals surface area contributed by atoms with Gasteiger partial charge in [0.25, 0.3) is 11.1 Å². The Morgan fingerprint density at radius 1 is 1.20 bits per heavy atom. The number of rotatable bonds is 5. The highest BCUT2D eigenvalue weighted by Crippen LogP contribution is 2.28. The van der Waals surface area contributed by atoms with Crippen LogP contribution in [-0.4, -0.2) is 35.8 Å². The molecule has 0 saturated heterocycles. The smallest absolute Gasteiger partial charge is 0.293 e. The topological polar surface area (TPSA) is 132 Å². The first-order valence-corrected chi connectivity index (χ1v) is 10.7. The number of pyridine rings is 1. The van der Waals surface area contributed by atoms with Crippen molar-refractivity contribution >= 4 is 23.0 Å². The van der Waals surface area contributed by atoms with E-state index in [0.717, 1.165) is 10.2 Å². The van der Waals surface area contributed by atoms with E-state index in [1.54, 1.807) is 6.07 Å². The first kappa shape index (κ1) is 23.9. The Hall–Kier alpha value is -4.25. The summed E-state index contributed by atoms with van der Waals surface area (Å²) in [5.74, 6) is -0.906. The fourth-order valence-corrected chi connectivity index (χ4v) is 3.76. The van der Waals surface area contributed by atoms with E-state index >= 15 is 4.39 Å². The number of carbonyl (C=O) groups excluding carboxylic acids is 1. The third kappa shape index (κ3) is 4.21. The molecule has 3 heterocycles. The van der Waals surface area contributed by atoms with Crippen LogP contribution in [0.4, 0.5) is 10.2 Å². The molecule has 0 radical (unpaired) electrons. The number of hydrogen-bond acceptors (Lipinski definition) is 7. The van der Waals surface area contributed by atoms with Gasteiger partial charge in [0.1, 0.15) is 5.82 Å². The molecule has 0 bridgehead atoms. The second kappa shape index (κ2) is 8.84. The third-order valence-corrected chi connectivity index (χ3v) is 5.64. The minimum Gasteiger partial charge on any atom is -0.392 e. The highest BCUT2D eigenvalue weighted by atomic mass is 19.1. The van der Waals surface area contributed by atoms with Crippen LogP contribution in [0.3, 0.4) is 0 Å². The largest absolute Gasteiger partial charge is 0.392 e. The molecule has 3 aromatic heterocycles. The van der Waals surface area contributed by atoms with E-state index in [-0.39, 0.29) is 33.7 Å². The molecule has 1 aromatic carbocycles. The second-order valence-electron chi connectivity index (χ2n) is 9.01. The lowest BCUT2D eigenvalue weighted by molar-refractivity contribution is -0.105. The number of nitrogens with zero attached hydrogens (tertiary/aromatic N) is 5. The van der Waals surface area contributed by atoms with E-state index in [2.05, 4.69) is 20.4 Å². The molecule has 180 valence electrons. The fraction of sp³-hybridized carbons (Fsp3) is 0.250. The number of benzene rings is 1. The molecular formula is C24H23FN6O4. The summed E-state index contributed by atoms with van der Waals surface area (Å²) in [6, 6.07) is 4.60. The van der Waals surface area contributed by atoms with E-state index in [0.29, 0.717) is 17.4 Å². The van der Waals surface area contributed by atoms with Gasteiger partial charge in [-0.3, -0.25) is 14.4 Å². The Morgan fingerprint density at radius 3 is 2.60 bits per heavy atom. The minimum absolute atomic E-state index is 0.0169. The number of aliphatic hydroxyl groups is 1. The van der Waals surface area contributed by atoms with Gasteiger partial charge in [0.2, 0.25) is 6.41 Å². The Morgan fingerprint density at radius 2 is 1.94 bits per heavy atom. The molecule has 0 aliphatic rings. The summed E-state index contributed by atoms with van der Waals surface area (Å²) in [4.78, 5) is 44.7. The SMILES string of the molecule is Cn1cc(-c2ccnc(-n3ncc4cc(C(C)(C)C)cc(F)c4c3=O)c2CO)nc(NC=O)c1=O. The molecule has 0 atom stereocenters. The number of anilines is 1. The standard InChI is InChI=1S/C24H23FN6O4/c1-24(2,3)14-7-13-9-28-31(22(34)19(13)17(25)8-14)21-16(11-32)15(5-6-26-21)18-10-30(4)23(35)20(29-18)27-12-33/h5-10,12,32H,11H2,1-4H3,(H,27,29,33). The molecule has 1 amide bonds. The van der Waals surface area contributed by atoms with Crippen molar-refractivity contribution in [3.63, 3.8) is 0 Å². The van der Waals surface area contributed by atoms with E-state index in [4.69, 9.17) is 0 Å². The van der Waals surface area contributed by atoms with Crippen LogP contribution in [-0.2, 0) is 23.9 Å². The maximum atomic E-state index is 15.1. The summed E-state index contributed by atoms with van der Waals surface area (Å²) in [6.45, 7) is 5.26. The lowest BCUT2D eigenvalue weighted by atomic mass is 9.86.